The molecular formula is C19H25N3O4. The lowest BCUT2D eigenvalue weighted by Gasteiger charge is -2.25. The fraction of sp³-hybridized carbons (Fsp3) is 0.421. The Hall–Kier alpha value is -2.83. The molecule has 0 unspecified atom stereocenters. The van der Waals surface area contributed by atoms with Crippen molar-refractivity contribution in [3.8, 4) is 11.5 Å². The maximum atomic E-state index is 12.0. The molecule has 140 valence electrons. The second-order valence-corrected chi connectivity index (χ2v) is 5.79. The van der Waals surface area contributed by atoms with Crippen molar-refractivity contribution >= 4 is 18.0 Å². The largest absolute Gasteiger partial charge is 0.490 e. The van der Waals surface area contributed by atoms with E-state index in [1.54, 1.807) is 29.2 Å². The number of likely N-dealkylation sites (tertiary alicyclic amines) is 1. The molecule has 0 aromatic heterocycles. The molecule has 1 fully saturated rings. The minimum Gasteiger partial charge on any atom is -0.490 e. The quantitative estimate of drug-likeness (QED) is 0.350. The first-order valence-corrected chi connectivity index (χ1v) is 8.78. The predicted octanol–water partition coefficient (Wildman–Crippen LogP) is 2.11. The second kappa shape index (κ2) is 10.2. The van der Waals surface area contributed by atoms with E-state index in [4.69, 9.17) is 9.47 Å². The molecule has 0 saturated carbocycles. The highest BCUT2D eigenvalue weighted by atomic mass is 16.5. The van der Waals surface area contributed by atoms with E-state index in [1.165, 1.54) is 6.21 Å². The number of piperidine rings is 1. The number of hydrogen-bond acceptors (Lipinski definition) is 5. The Balaban J connectivity index is 1.95. The number of nitrogens with one attached hydrogen (secondary N) is 1. The van der Waals surface area contributed by atoms with E-state index in [0.717, 1.165) is 19.3 Å². The summed E-state index contributed by atoms with van der Waals surface area (Å²) in [6.07, 6.45) is 6.07. The summed E-state index contributed by atoms with van der Waals surface area (Å²) >= 11 is 0. The molecule has 1 aliphatic heterocycles. The van der Waals surface area contributed by atoms with Gasteiger partial charge < -0.3 is 14.4 Å². The van der Waals surface area contributed by atoms with Gasteiger partial charge in [0, 0.05) is 13.1 Å². The number of ether oxygens (including phenoxy) is 2. The number of hydrogen-bond donors (Lipinski definition) is 1. The molecule has 2 rings (SSSR count). The zero-order chi connectivity index (χ0) is 18.8. The molecule has 2 amide bonds. The van der Waals surface area contributed by atoms with Gasteiger partial charge in [0.05, 0.1) is 12.8 Å². The molecule has 0 aliphatic carbocycles. The molecule has 0 spiro atoms. The number of benzene rings is 1. The molecular weight excluding hydrogens is 334 g/mol. The topological polar surface area (TPSA) is 80.2 Å². The summed E-state index contributed by atoms with van der Waals surface area (Å²) in [5, 5.41) is 3.87. The summed E-state index contributed by atoms with van der Waals surface area (Å²) in [5.74, 6) is -0.0774. The first kappa shape index (κ1) is 19.5. The monoisotopic (exact) mass is 359 g/mol. The van der Waals surface area contributed by atoms with Crippen LogP contribution in [0.4, 0.5) is 0 Å². The average Bonchev–Trinajstić information content (AvgIpc) is 2.67. The molecule has 1 aromatic rings. The third kappa shape index (κ3) is 5.61. The van der Waals surface area contributed by atoms with Gasteiger partial charge in [-0.1, -0.05) is 12.7 Å². The van der Waals surface area contributed by atoms with E-state index < -0.39 is 11.8 Å². The van der Waals surface area contributed by atoms with E-state index >= 15 is 0 Å². The molecule has 26 heavy (non-hydrogen) atoms. The van der Waals surface area contributed by atoms with Crippen LogP contribution in [-0.2, 0) is 9.59 Å². The summed E-state index contributed by atoms with van der Waals surface area (Å²) in [7, 11) is 0. The molecule has 1 heterocycles. The average molecular weight is 359 g/mol. The lowest BCUT2D eigenvalue weighted by Crippen LogP contribution is -2.43. The van der Waals surface area contributed by atoms with Crippen molar-refractivity contribution in [3.05, 3.63) is 36.4 Å². The number of hydrazone groups is 1. The van der Waals surface area contributed by atoms with Crippen LogP contribution in [0.2, 0.25) is 0 Å². The number of amides is 2. The van der Waals surface area contributed by atoms with Crippen molar-refractivity contribution in [2.24, 2.45) is 5.10 Å². The standard InChI is InChI=1S/C19H25N3O4/c1-3-12-26-16-9-8-15(13-17(16)25-4-2)14-20-21-18(23)19(24)22-10-6-5-7-11-22/h3,8-9,13-14H,1,4-7,10-12H2,2H3,(H,21,23). The third-order valence-corrected chi connectivity index (χ3v) is 3.84. The fourth-order valence-electron chi connectivity index (χ4n) is 2.60. The molecule has 7 nitrogen and oxygen atoms in total. The van der Waals surface area contributed by atoms with Gasteiger partial charge in [-0.15, -0.1) is 0 Å². The van der Waals surface area contributed by atoms with Crippen molar-refractivity contribution < 1.29 is 19.1 Å². The van der Waals surface area contributed by atoms with E-state index in [0.29, 0.717) is 43.4 Å². The SMILES string of the molecule is C=CCOc1ccc(C=NNC(=O)C(=O)N2CCCCC2)cc1OCC. The number of carbonyl (C=O) groups excluding carboxylic acids is 2. The van der Waals surface area contributed by atoms with Crippen molar-refractivity contribution in [3.63, 3.8) is 0 Å². The van der Waals surface area contributed by atoms with Gasteiger partial charge in [-0.25, -0.2) is 5.43 Å². The van der Waals surface area contributed by atoms with Gasteiger partial charge in [-0.2, -0.15) is 5.10 Å². The Kier molecular flexibility index (Phi) is 7.67. The normalized spacial score (nSPS) is 14.1. The van der Waals surface area contributed by atoms with Gasteiger partial charge in [0.15, 0.2) is 11.5 Å². The summed E-state index contributed by atoms with van der Waals surface area (Å²) in [6, 6.07) is 5.30. The van der Waals surface area contributed by atoms with E-state index in [1.807, 2.05) is 6.92 Å². The summed E-state index contributed by atoms with van der Waals surface area (Å²) in [4.78, 5) is 25.5. The lowest BCUT2D eigenvalue weighted by molar-refractivity contribution is -0.146. The van der Waals surface area contributed by atoms with Crippen LogP contribution in [0.3, 0.4) is 0 Å². The van der Waals surface area contributed by atoms with Crippen LogP contribution >= 0.6 is 0 Å². The highest BCUT2D eigenvalue weighted by molar-refractivity contribution is 6.35. The first-order chi connectivity index (χ1) is 12.7. The van der Waals surface area contributed by atoms with Crippen LogP contribution in [0.1, 0.15) is 31.7 Å². The molecule has 1 aliphatic rings. The van der Waals surface area contributed by atoms with Crippen LogP contribution in [0, 0.1) is 0 Å². The number of rotatable bonds is 7. The van der Waals surface area contributed by atoms with Crippen molar-refractivity contribution in [2.45, 2.75) is 26.2 Å². The van der Waals surface area contributed by atoms with Crippen LogP contribution in [0.5, 0.6) is 11.5 Å². The zero-order valence-corrected chi connectivity index (χ0v) is 15.1. The Bertz CT molecular complexity index is 667. The Morgan fingerprint density at radius 1 is 1.23 bits per heavy atom. The molecule has 0 atom stereocenters. The summed E-state index contributed by atoms with van der Waals surface area (Å²) < 4.78 is 11.1. The van der Waals surface area contributed by atoms with Crippen LogP contribution in [-0.4, -0.2) is 49.2 Å². The van der Waals surface area contributed by atoms with Crippen LogP contribution < -0.4 is 14.9 Å². The van der Waals surface area contributed by atoms with E-state index in [2.05, 4.69) is 17.1 Å². The minimum atomic E-state index is -0.723. The molecule has 1 N–H and O–H groups in total. The van der Waals surface area contributed by atoms with E-state index in [-0.39, 0.29) is 0 Å². The van der Waals surface area contributed by atoms with Gasteiger partial charge in [0.25, 0.3) is 0 Å². The summed E-state index contributed by atoms with van der Waals surface area (Å²) in [5.41, 5.74) is 3.00. The smallest absolute Gasteiger partial charge is 0.329 e. The van der Waals surface area contributed by atoms with Gasteiger partial charge >= 0.3 is 11.8 Å². The third-order valence-electron chi connectivity index (χ3n) is 3.84. The van der Waals surface area contributed by atoms with Gasteiger partial charge in [-0.3, -0.25) is 9.59 Å². The van der Waals surface area contributed by atoms with Gasteiger partial charge in [-0.05, 0) is 49.9 Å². The highest BCUT2D eigenvalue weighted by Crippen LogP contribution is 2.28. The zero-order valence-electron chi connectivity index (χ0n) is 15.1. The predicted molar refractivity (Wildman–Crippen MR) is 99.5 cm³/mol. The minimum absolute atomic E-state index is 0.377. The first-order valence-electron chi connectivity index (χ1n) is 8.78. The van der Waals surface area contributed by atoms with Gasteiger partial charge in [0.2, 0.25) is 0 Å². The van der Waals surface area contributed by atoms with Crippen LogP contribution in [0.15, 0.2) is 36.0 Å². The maximum absolute atomic E-state index is 12.0. The fourth-order valence-corrected chi connectivity index (χ4v) is 2.60. The highest BCUT2D eigenvalue weighted by Gasteiger charge is 2.22. The maximum Gasteiger partial charge on any atom is 0.329 e. The summed E-state index contributed by atoms with van der Waals surface area (Å²) in [6.45, 7) is 7.61. The molecule has 7 heteroatoms. The Morgan fingerprint density at radius 2 is 2.00 bits per heavy atom. The second-order valence-electron chi connectivity index (χ2n) is 5.79. The molecule has 0 bridgehead atoms. The van der Waals surface area contributed by atoms with Crippen molar-refractivity contribution in [2.75, 3.05) is 26.3 Å². The van der Waals surface area contributed by atoms with E-state index in [9.17, 15) is 9.59 Å². The van der Waals surface area contributed by atoms with Crippen LogP contribution in [0.25, 0.3) is 0 Å². The van der Waals surface area contributed by atoms with Crippen molar-refractivity contribution in [1.82, 2.24) is 10.3 Å². The molecule has 1 saturated heterocycles. The number of nitrogens with zero attached hydrogens (tertiary/aromatic N) is 2. The lowest BCUT2D eigenvalue weighted by atomic mass is 10.1. The molecule has 0 radical (unpaired) electrons. The number of carbonyl (C=O) groups is 2. The van der Waals surface area contributed by atoms with Gasteiger partial charge in [0.1, 0.15) is 6.61 Å². The molecule has 1 aromatic carbocycles. The Labute approximate surface area is 153 Å². The van der Waals surface area contributed by atoms with Crippen molar-refractivity contribution in [1.29, 1.82) is 0 Å². The Morgan fingerprint density at radius 3 is 2.69 bits per heavy atom.